The number of nitrogens with zero attached hydrogens (tertiary/aromatic N) is 1. The van der Waals surface area contributed by atoms with Crippen LogP contribution < -0.4 is 16.6 Å². The number of nitrogens with one attached hydrogen (secondary N) is 2. The molecule has 1 unspecified atom stereocenters. The molecule has 0 aromatic heterocycles. The average molecular weight is 280 g/mol. The number of anilines is 1. The van der Waals surface area contributed by atoms with E-state index in [2.05, 4.69) is 10.7 Å². The molecule has 1 aliphatic heterocycles. The van der Waals surface area contributed by atoms with Gasteiger partial charge in [0.25, 0.3) is 11.6 Å². The molecule has 1 fully saturated rings. The van der Waals surface area contributed by atoms with Crippen molar-refractivity contribution in [2.24, 2.45) is 5.84 Å². The lowest BCUT2D eigenvalue weighted by Crippen LogP contribution is -2.32. The zero-order valence-corrected chi connectivity index (χ0v) is 10.8. The van der Waals surface area contributed by atoms with Crippen LogP contribution in [-0.2, 0) is 4.74 Å². The van der Waals surface area contributed by atoms with Crippen LogP contribution in [0.25, 0.3) is 0 Å². The summed E-state index contributed by atoms with van der Waals surface area (Å²) in [6, 6.07) is 3.88. The van der Waals surface area contributed by atoms with Gasteiger partial charge in [-0.1, -0.05) is 0 Å². The Morgan fingerprint density at radius 1 is 1.55 bits per heavy atom. The van der Waals surface area contributed by atoms with E-state index in [9.17, 15) is 14.9 Å². The Morgan fingerprint density at radius 3 is 2.95 bits per heavy atom. The van der Waals surface area contributed by atoms with Crippen molar-refractivity contribution in [1.29, 1.82) is 0 Å². The van der Waals surface area contributed by atoms with Gasteiger partial charge >= 0.3 is 0 Å². The number of non-ortho nitro benzene ring substituents is 1. The Balaban J connectivity index is 2.10. The minimum absolute atomic E-state index is 0.00642. The van der Waals surface area contributed by atoms with E-state index >= 15 is 0 Å². The molecule has 8 heteroatoms. The van der Waals surface area contributed by atoms with Crippen LogP contribution in [0.4, 0.5) is 11.4 Å². The standard InChI is InChI=1S/C12H16N4O4/c13-15-11-4-3-8(16(18)19)6-10(11)12(17)14-7-9-2-1-5-20-9/h3-4,6,9,15H,1-2,5,7,13H2,(H,14,17). The molecular formula is C12H16N4O4. The second kappa shape index (κ2) is 6.31. The summed E-state index contributed by atoms with van der Waals surface area (Å²) in [6.45, 7) is 1.08. The molecule has 0 radical (unpaired) electrons. The molecule has 4 N–H and O–H groups in total. The second-order valence-corrected chi connectivity index (χ2v) is 4.48. The van der Waals surface area contributed by atoms with Crippen LogP contribution in [0.1, 0.15) is 23.2 Å². The largest absolute Gasteiger partial charge is 0.376 e. The van der Waals surface area contributed by atoms with Gasteiger partial charge in [0.2, 0.25) is 0 Å². The van der Waals surface area contributed by atoms with Gasteiger partial charge in [0.15, 0.2) is 0 Å². The molecule has 2 rings (SSSR count). The third-order valence-corrected chi connectivity index (χ3v) is 3.13. The van der Waals surface area contributed by atoms with Crippen molar-refractivity contribution in [2.75, 3.05) is 18.6 Å². The highest BCUT2D eigenvalue weighted by molar-refractivity contribution is 6.00. The van der Waals surface area contributed by atoms with Gasteiger partial charge in [0, 0.05) is 25.3 Å². The first-order chi connectivity index (χ1) is 9.61. The van der Waals surface area contributed by atoms with Crippen LogP contribution in [0, 0.1) is 10.1 Å². The van der Waals surface area contributed by atoms with Crippen molar-refractivity contribution in [2.45, 2.75) is 18.9 Å². The van der Waals surface area contributed by atoms with E-state index in [1.807, 2.05) is 0 Å². The summed E-state index contributed by atoms with van der Waals surface area (Å²) in [5.74, 6) is 4.89. The highest BCUT2D eigenvalue weighted by atomic mass is 16.6. The number of rotatable bonds is 5. The van der Waals surface area contributed by atoms with Crippen LogP contribution in [0.5, 0.6) is 0 Å². The van der Waals surface area contributed by atoms with Crippen LogP contribution >= 0.6 is 0 Å². The van der Waals surface area contributed by atoms with Gasteiger partial charge in [-0.3, -0.25) is 20.8 Å². The number of hydrogen-bond donors (Lipinski definition) is 3. The number of nitro benzene ring substituents is 1. The predicted molar refractivity (Wildman–Crippen MR) is 72.2 cm³/mol. The maximum Gasteiger partial charge on any atom is 0.270 e. The molecule has 8 nitrogen and oxygen atoms in total. The molecule has 1 aromatic rings. The first-order valence-corrected chi connectivity index (χ1v) is 6.26. The van der Waals surface area contributed by atoms with E-state index in [1.165, 1.54) is 18.2 Å². The van der Waals surface area contributed by atoms with Gasteiger partial charge in [0.05, 0.1) is 22.3 Å². The summed E-state index contributed by atoms with van der Waals surface area (Å²) in [5, 5.41) is 13.4. The lowest BCUT2D eigenvalue weighted by Gasteiger charge is -2.12. The first kappa shape index (κ1) is 14.2. The van der Waals surface area contributed by atoms with Gasteiger partial charge in [-0.2, -0.15) is 0 Å². The monoisotopic (exact) mass is 280 g/mol. The van der Waals surface area contributed by atoms with Crippen molar-refractivity contribution < 1.29 is 14.5 Å². The first-order valence-electron chi connectivity index (χ1n) is 6.26. The summed E-state index contributed by atoms with van der Waals surface area (Å²) in [7, 11) is 0. The molecule has 1 heterocycles. The van der Waals surface area contributed by atoms with Gasteiger partial charge in [-0.15, -0.1) is 0 Å². The summed E-state index contributed by atoms with van der Waals surface area (Å²) in [5.41, 5.74) is 2.67. The maximum absolute atomic E-state index is 12.1. The van der Waals surface area contributed by atoms with E-state index in [0.29, 0.717) is 18.8 Å². The molecule has 1 atom stereocenters. The number of hydrogen-bond acceptors (Lipinski definition) is 6. The van der Waals surface area contributed by atoms with E-state index in [0.717, 1.165) is 12.8 Å². The topological polar surface area (TPSA) is 120 Å². The van der Waals surface area contributed by atoms with Crippen molar-refractivity contribution in [1.82, 2.24) is 5.32 Å². The van der Waals surface area contributed by atoms with Crippen molar-refractivity contribution >= 4 is 17.3 Å². The summed E-state index contributed by atoms with van der Waals surface area (Å²) >= 11 is 0. The Morgan fingerprint density at radius 2 is 2.35 bits per heavy atom. The highest BCUT2D eigenvalue weighted by Crippen LogP contribution is 2.21. The minimum atomic E-state index is -0.558. The summed E-state index contributed by atoms with van der Waals surface area (Å²) < 4.78 is 5.39. The Bertz CT molecular complexity index is 514. The van der Waals surface area contributed by atoms with Crippen LogP contribution in [-0.4, -0.2) is 30.1 Å². The fraction of sp³-hybridized carbons (Fsp3) is 0.417. The third-order valence-electron chi connectivity index (χ3n) is 3.13. The molecular weight excluding hydrogens is 264 g/mol. The number of nitrogen functional groups attached to an aromatic ring is 1. The maximum atomic E-state index is 12.1. The quantitative estimate of drug-likeness (QED) is 0.416. The van der Waals surface area contributed by atoms with Gasteiger partial charge in [-0.25, -0.2) is 0 Å². The molecule has 0 spiro atoms. The number of nitro groups is 1. The zero-order valence-electron chi connectivity index (χ0n) is 10.8. The van der Waals surface area contributed by atoms with Crippen LogP contribution in [0.15, 0.2) is 18.2 Å². The van der Waals surface area contributed by atoms with E-state index in [1.54, 1.807) is 0 Å². The molecule has 1 amide bonds. The molecule has 1 aliphatic rings. The fourth-order valence-electron chi connectivity index (χ4n) is 2.07. The molecule has 1 saturated heterocycles. The van der Waals surface area contributed by atoms with E-state index in [4.69, 9.17) is 10.6 Å². The zero-order chi connectivity index (χ0) is 14.5. The molecule has 1 aromatic carbocycles. The molecule has 0 bridgehead atoms. The number of nitrogens with two attached hydrogens (primary N) is 1. The molecule has 0 aliphatic carbocycles. The number of carbonyl (C=O) groups excluding carboxylic acids is 1. The predicted octanol–water partition coefficient (Wildman–Crippen LogP) is 0.789. The SMILES string of the molecule is NNc1ccc([N+](=O)[O-])cc1C(=O)NCC1CCCO1. The Kier molecular flexibility index (Phi) is 4.49. The lowest BCUT2D eigenvalue weighted by atomic mass is 10.1. The highest BCUT2D eigenvalue weighted by Gasteiger charge is 2.19. The number of hydrazine groups is 1. The summed E-state index contributed by atoms with van der Waals surface area (Å²) in [6.07, 6.45) is 1.89. The Labute approximate surface area is 115 Å². The minimum Gasteiger partial charge on any atom is -0.376 e. The van der Waals surface area contributed by atoms with Gasteiger partial charge in [0.1, 0.15) is 0 Å². The normalized spacial score (nSPS) is 17.8. The van der Waals surface area contributed by atoms with Crippen LogP contribution in [0.2, 0.25) is 0 Å². The smallest absolute Gasteiger partial charge is 0.270 e. The number of benzene rings is 1. The third kappa shape index (κ3) is 3.22. The number of amides is 1. The van der Waals surface area contributed by atoms with Crippen molar-refractivity contribution in [3.05, 3.63) is 33.9 Å². The Hall–Kier alpha value is -2.19. The summed E-state index contributed by atoms with van der Waals surface area (Å²) in [4.78, 5) is 22.3. The van der Waals surface area contributed by atoms with Gasteiger partial charge in [-0.05, 0) is 18.9 Å². The molecule has 108 valence electrons. The van der Waals surface area contributed by atoms with Crippen molar-refractivity contribution in [3.63, 3.8) is 0 Å². The van der Waals surface area contributed by atoms with Gasteiger partial charge < -0.3 is 15.5 Å². The second-order valence-electron chi connectivity index (χ2n) is 4.48. The number of ether oxygens (including phenoxy) is 1. The lowest BCUT2D eigenvalue weighted by molar-refractivity contribution is -0.384. The molecule has 20 heavy (non-hydrogen) atoms. The number of carbonyl (C=O) groups is 1. The fourth-order valence-corrected chi connectivity index (χ4v) is 2.07. The van der Waals surface area contributed by atoms with E-state index in [-0.39, 0.29) is 17.4 Å². The van der Waals surface area contributed by atoms with Crippen molar-refractivity contribution in [3.8, 4) is 0 Å². The molecule has 0 saturated carbocycles. The van der Waals surface area contributed by atoms with Crippen LogP contribution in [0.3, 0.4) is 0 Å². The van der Waals surface area contributed by atoms with E-state index < -0.39 is 10.8 Å². The average Bonchev–Trinajstić information content (AvgIpc) is 2.97.